The molecule has 1 heterocycles. The first-order chi connectivity index (χ1) is 8.04. The minimum Gasteiger partial charge on any atom is -0.368 e. The highest BCUT2D eigenvalue weighted by Crippen LogP contribution is 2.40. The highest BCUT2D eigenvalue weighted by Gasteiger charge is 2.50. The predicted octanol–water partition coefficient (Wildman–Crippen LogP) is 0.714. The van der Waals surface area contributed by atoms with Gasteiger partial charge in [0.05, 0.1) is 0 Å². The van der Waals surface area contributed by atoms with Crippen LogP contribution in [0.1, 0.15) is 39.5 Å². The number of primary amides is 1. The van der Waals surface area contributed by atoms with E-state index in [4.69, 9.17) is 5.73 Å². The summed E-state index contributed by atoms with van der Waals surface area (Å²) < 4.78 is 0. The molecule has 2 fully saturated rings. The van der Waals surface area contributed by atoms with Crippen LogP contribution in [0.5, 0.6) is 0 Å². The molecule has 98 valence electrons. The first-order valence-electron chi connectivity index (χ1n) is 6.84. The van der Waals surface area contributed by atoms with Crippen molar-refractivity contribution in [3.05, 3.63) is 0 Å². The number of nitrogens with two attached hydrogens (primary N) is 1. The summed E-state index contributed by atoms with van der Waals surface area (Å²) in [5.41, 5.74) is 5.22. The van der Waals surface area contributed by atoms with Crippen molar-refractivity contribution in [3.63, 3.8) is 0 Å². The van der Waals surface area contributed by atoms with E-state index in [1.165, 1.54) is 12.8 Å². The minimum atomic E-state index is -0.488. The zero-order valence-corrected chi connectivity index (χ0v) is 11.0. The van der Waals surface area contributed by atoms with Crippen LogP contribution >= 0.6 is 0 Å². The molecular weight excluding hydrogens is 214 g/mol. The van der Waals surface area contributed by atoms with E-state index < -0.39 is 5.54 Å². The summed E-state index contributed by atoms with van der Waals surface area (Å²) in [7, 11) is 0. The summed E-state index contributed by atoms with van der Waals surface area (Å²) >= 11 is 0. The Morgan fingerprint density at radius 2 is 2.00 bits per heavy atom. The summed E-state index contributed by atoms with van der Waals surface area (Å²) in [6.45, 7) is 7.20. The van der Waals surface area contributed by atoms with E-state index in [1.54, 1.807) is 0 Å². The van der Waals surface area contributed by atoms with Crippen LogP contribution in [-0.2, 0) is 4.79 Å². The Morgan fingerprint density at radius 1 is 1.41 bits per heavy atom. The Kier molecular flexibility index (Phi) is 3.73. The summed E-state index contributed by atoms with van der Waals surface area (Å²) in [5.74, 6) is 0.281. The average molecular weight is 239 g/mol. The fourth-order valence-electron chi connectivity index (χ4n) is 3.03. The maximum Gasteiger partial charge on any atom is 0.239 e. The Balaban J connectivity index is 2.10. The van der Waals surface area contributed by atoms with E-state index in [1.807, 2.05) is 0 Å². The van der Waals surface area contributed by atoms with Gasteiger partial charge in [0.1, 0.15) is 5.54 Å². The van der Waals surface area contributed by atoms with Crippen molar-refractivity contribution >= 4 is 5.91 Å². The van der Waals surface area contributed by atoms with E-state index in [0.29, 0.717) is 12.0 Å². The lowest BCUT2D eigenvalue weighted by atomic mass is 9.90. The van der Waals surface area contributed by atoms with Gasteiger partial charge in [-0.25, -0.2) is 0 Å². The molecule has 4 nitrogen and oxygen atoms in total. The van der Waals surface area contributed by atoms with E-state index in [-0.39, 0.29) is 5.91 Å². The molecule has 0 aromatic rings. The second-order valence-electron chi connectivity index (χ2n) is 5.89. The van der Waals surface area contributed by atoms with Crippen molar-refractivity contribution in [2.75, 3.05) is 19.6 Å². The fourth-order valence-corrected chi connectivity index (χ4v) is 3.03. The molecule has 1 amide bonds. The summed E-state index contributed by atoms with van der Waals surface area (Å²) in [4.78, 5) is 14.3. The zero-order chi connectivity index (χ0) is 12.5. The highest BCUT2D eigenvalue weighted by molar-refractivity contribution is 5.86. The van der Waals surface area contributed by atoms with Gasteiger partial charge in [-0.2, -0.15) is 0 Å². The van der Waals surface area contributed by atoms with Gasteiger partial charge in [-0.1, -0.05) is 0 Å². The third-order valence-corrected chi connectivity index (χ3v) is 3.93. The fraction of sp³-hybridized carbons (Fsp3) is 0.923. The molecular formula is C13H25N3O. The largest absolute Gasteiger partial charge is 0.368 e. The van der Waals surface area contributed by atoms with Gasteiger partial charge in [0.2, 0.25) is 5.91 Å². The molecule has 1 atom stereocenters. The molecule has 3 N–H and O–H groups in total. The molecule has 4 heteroatoms. The van der Waals surface area contributed by atoms with Crippen LogP contribution < -0.4 is 11.1 Å². The Bertz CT molecular complexity index is 282. The molecule has 0 spiro atoms. The number of likely N-dealkylation sites (tertiary alicyclic amines) is 1. The molecule has 0 bridgehead atoms. The number of nitrogens with one attached hydrogen (secondary N) is 1. The van der Waals surface area contributed by atoms with Gasteiger partial charge < -0.3 is 10.6 Å². The number of nitrogens with zero attached hydrogens (tertiary/aromatic N) is 1. The van der Waals surface area contributed by atoms with Crippen molar-refractivity contribution in [3.8, 4) is 0 Å². The molecule has 1 saturated carbocycles. The quantitative estimate of drug-likeness (QED) is 0.718. The molecule has 0 aromatic carbocycles. The molecule has 17 heavy (non-hydrogen) atoms. The van der Waals surface area contributed by atoms with Gasteiger partial charge in [0.15, 0.2) is 0 Å². The molecule has 2 aliphatic rings. The third kappa shape index (κ3) is 2.80. The smallest absolute Gasteiger partial charge is 0.239 e. The van der Waals surface area contributed by atoms with Gasteiger partial charge in [0.25, 0.3) is 0 Å². The number of hydrogen-bond acceptors (Lipinski definition) is 3. The number of carbonyl (C=O) groups excluding carboxylic acids is 1. The first kappa shape index (κ1) is 12.8. The monoisotopic (exact) mass is 239 g/mol. The van der Waals surface area contributed by atoms with Crippen molar-refractivity contribution in [2.24, 2.45) is 11.7 Å². The van der Waals surface area contributed by atoms with Crippen molar-refractivity contribution in [2.45, 2.75) is 51.1 Å². The summed E-state index contributed by atoms with van der Waals surface area (Å²) in [6, 6.07) is 0.297. The van der Waals surface area contributed by atoms with E-state index in [9.17, 15) is 4.79 Å². The molecule has 1 saturated heterocycles. The summed E-state index contributed by atoms with van der Waals surface area (Å²) in [5, 5.41) is 3.47. The second kappa shape index (κ2) is 4.94. The topological polar surface area (TPSA) is 58.4 Å². The SMILES string of the molecule is CC(C)NC(CN1CCCC1)(C(N)=O)C1CC1. The van der Waals surface area contributed by atoms with Crippen LogP contribution in [0, 0.1) is 5.92 Å². The van der Waals surface area contributed by atoms with E-state index in [0.717, 1.165) is 32.5 Å². The molecule has 2 rings (SSSR count). The number of rotatable bonds is 6. The summed E-state index contributed by atoms with van der Waals surface area (Å²) in [6.07, 6.45) is 4.77. The lowest BCUT2D eigenvalue weighted by Crippen LogP contribution is -2.64. The Labute approximate surface area is 104 Å². The van der Waals surface area contributed by atoms with Gasteiger partial charge in [0, 0.05) is 12.6 Å². The van der Waals surface area contributed by atoms with Crippen LogP contribution in [0.25, 0.3) is 0 Å². The maximum absolute atomic E-state index is 12.0. The van der Waals surface area contributed by atoms with Gasteiger partial charge in [-0.15, -0.1) is 0 Å². The zero-order valence-electron chi connectivity index (χ0n) is 11.0. The Morgan fingerprint density at radius 3 is 2.41 bits per heavy atom. The predicted molar refractivity (Wildman–Crippen MR) is 68.6 cm³/mol. The van der Waals surface area contributed by atoms with Crippen LogP contribution in [0.3, 0.4) is 0 Å². The molecule has 1 aliphatic carbocycles. The van der Waals surface area contributed by atoms with Crippen LogP contribution in [0.15, 0.2) is 0 Å². The molecule has 1 unspecified atom stereocenters. The van der Waals surface area contributed by atoms with Gasteiger partial charge >= 0.3 is 0 Å². The normalized spacial score (nSPS) is 25.1. The number of hydrogen-bond donors (Lipinski definition) is 2. The van der Waals surface area contributed by atoms with E-state index in [2.05, 4.69) is 24.1 Å². The first-order valence-corrected chi connectivity index (χ1v) is 6.84. The number of carbonyl (C=O) groups is 1. The lowest BCUT2D eigenvalue weighted by molar-refractivity contribution is -0.126. The van der Waals surface area contributed by atoms with Gasteiger partial charge in [-0.05, 0) is 58.5 Å². The van der Waals surface area contributed by atoms with Crippen molar-refractivity contribution in [1.29, 1.82) is 0 Å². The average Bonchev–Trinajstić information content (AvgIpc) is 2.97. The number of amides is 1. The lowest BCUT2D eigenvalue weighted by Gasteiger charge is -2.37. The molecule has 0 radical (unpaired) electrons. The van der Waals surface area contributed by atoms with E-state index >= 15 is 0 Å². The third-order valence-electron chi connectivity index (χ3n) is 3.93. The van der Waals surface area contributed by atoms with Crippen molar-refractivity contribution in [1.82, 2.24) is 10.2 Å². The molecule has 1 aliphatic heterocycles. The maximum atomic E-state index is 12.0. The van der Waals surface area contributed by atoms with Crippen LogP contribution in [-0.4, -0.2) is 42.0 Å². The highest BCUT2D eigenvalue weighted by atomic mass is 16.1. The van der Waals surface area contributed by atoms with Crippen molar-refractivity contribution < 1.29 is 4.79 Å². The standard InChI is InChI=1S/C13H25N3O/c1-10(2)15-13(12(14)17,11-5-6-11)9-16-7-3-4-8-16/h10-11,15H,3-9H2,1-2H3,(H2,14,17). The van der Waals surface area contributed by atoms with Crippen LogP contribution in [0.2, 0.25) is 0 Å². The van der Waals surface area contributed by atoms with Gasteiger partial charge in [-0.3, -0.25) is 10.1 Å². The Hall–Kier alpha value is -0.610. The van der Waals surface area contributed by atoms with Crippen LogP contribution in [0.4, 0.5) is 0 Å². The minimum absolute atomic E-state index is 0.166. The second-order valence-corrected chi connectivity index (χ2v) is 5.89. The molecule has 0 aromatic heterocycles.